The molecule has 0 aromatic carbocycles. The van der Waals surface area contributed by atoms with Crippen molar-refractivity contribution in [2.45, 2.75) is 18.1 Å². The number of anilines is 2. The van der Waals surface area contributed by atoms with Gasteiger partial charge in [-0.15, -0.1) is 0 Å². The van der Waals surface area contributed by atoms with Crippen molar-refractivity contribution >= 4 is 23.3 Å². The van der Waals surface area contributed by atoms with Gasteiger partial charge in [0.1, 0.15) is 6.07 Å². The number of nitrogens with one attached hydrogen (secondary N) is 1. The smallest absolute Gasteiger partial charge is 0.150 e. The third-order valence-corrected chi connectivity index (χ3v) is 4.03. The first kappa shape index (κ1) is 11.1. The van der Waals surface area contributed by atoms with Crippen molar-refractivity contribution < 1.29 is 0 Å². The van der Waals surface area contributed by atoms with Gasteiger partial charge in [-0.2, -0.15) is 17.0 Å². The average Bonchev–Trinajstić information content (AvgIpc) is 2.81. The van der Waals surface area contributed by atoms with Crippen molar-refractivity contribution in [3.8, 4) is 6.07 Å². The minimum Gasteiger partial charge on any atom is -0.395 e. The van der Waals surface area contributed by atoms with E-state index in [0.29, 0.717) is 22.3 Å². The molecule has 0 aliphatic carbocycles. The summed E-state index contributed by atoms with van der Waals surface area (Å²) in [6.07, 6.45) is 4.15. The van der Waals surface area contributed by atoms with Crippen molar-refractivity contribution in [2.24, 2.45) is 0 Å². The highest BCUT2D eigenvalue weighted by atomic mass is 32.2. The third kappa shape index (κ3) is 2.39. The highest BCUT2D eigenvalue weighted by molar-refractivity contribution is 8.00. The van der Waals surface area contributed by atoms with E-state index in [0.717, 1.165) is 6.54 Å². The van der Waals surface area contributed by atoms with Crippen LogP contribution in [0.3, 0.4) is 0 Å². The second-order valence-electron chi connectivity index (χ2n) is 3.75. The second kappa shape index (κ2) is 5.08. The molecule has 16 heavy (non-hydrogen) atoms. The lowest BCUT2D eigenvalue weighted by Crippen LogP contribution is -2.15. The van der Waals surface area contributed by atoms with Gasteiger partial charge in [0, 0.05) is 18.0 Å². The summed E-state index contributed by atoms with van der Waals surface area (Å²) in [4.78, 5) is 4.15. The predicted octanol–water partition coefficient (Wildman–Crippen LogP) is 1.84. The van der Waals surface area contributed by atoms with Crippen LogP contribution in [0.1, 0.15) is 18.4 Å². The Morgan fingerprint density at radius 2 is 2.56 bits per heavy atom. The number of hydrogen-bond donors (Lipinski definition) is 2. The molecule has 0 radical (unpaired) electrons. The van der Waals surface area contributed by atoms with Gasteiger partial charge in [0.2, 0.25) is 0 Å². The van der Waals surface area contributed by atoms with Crippen LogP contribution < -0.4 is 11.1 Å². The summed E-state index contributed by atoms with van der Waals surface area (Å²) < 4.78 is 0. The maximum absolute atomic E-state index is 8.83. The number of nitrogens with zero attached hydrogens (tertiary/aromatic N) is 2. The van der Waals surface area contributed by atoms with E-state index >= 15 is 0 Å². The summed E-state index contributed by atoms with van der Waals surface area (Å²) in [5, 5.41) is 12.7. The molecule has 1 aromatic heterocycles. The van der Waals surface area contributed by atoms with Gasteiger partial charge in [0.25, 0.3) is 0 Å². The highest BCUT2D eigenvalue weighted by Gasteiger charge is 2.16. The van der Waals surface area contributed by atoms with Crippen molar-refractivity contribution in [1.82, 2.24) is 4.98 Å². The van der Waals surface area contributed by atoms with Gasteiger partial charge in [-0.3, -0.25) is 0 Å². The molecule has 4 nitrogen and oxygen atoms in total. The maximum atomic E-state index is 8.83. The Morgan fingerprint density at radius 1 is 1.69 bits per heavy atom. The molecule has 1 saturated heterocycles. The molecule has 5 heteroatoms. The van der Waals surface area contributed by atoms with E-state index in [4.69, 9.17) is 11.0 Å². The molecule has 1 aliphatic rings. The summed E-state index contributed by atoms with van der Waals surface area (Å²) in [7, 11) is 0. The lowest BCUT2D eigenvalue weighted by atomic mass is 10.2. The maximum Gasteiger partial charge on any atom is 0.150 e. The monoisotopic (exact) mass is 234 g/mol. The van der Waals surface area contributed by atoms with Gasteiger partial charge in [-0.25, -0.2) is 4.98 Å². The largest absolute Gasteiger partial charge is 0.395 e. The molecule has 0 spiro atoms. The normalized spacial score (nSPS) is 19.3. The molecule has 0 amide bonds. The fourth-order valence-corrected chi connectivity index (χ4v) is 2.93. The lowest BCUT2D eigenvalue weighted by molar-refractivity contribution is 0.804. The Hall–Kier alpha value is -1.41. The molecule has 1 aromatic rings. The van der Waals surface area contributed by atoms with Crippen LogP contribution in [0.5, 0.6) is 0 Å². The van der Waals surface area contributed by atoms with Gasteiger partial charge in [-0.05, 0) is 24.7 Å². The number of thioether (sulfide) groups is 1. The molecule has 1 unspecified atom stereocenters. The second-order valence-corrected chi connectivity index (χ2v) is 5.16. The van der Waals surface area contributed by atoms with E-state index in [2.05, 4.69) is 16.4 Å². The summed E-state index contributed by atoms with van der Waals surface area (Å²) in [6.45, 7) is 0.872. The van der Waals surface area contributed by atoms with E-state index in [1.165, 1.54) is 18.6 Å². The Morgan fingerprint density at radius 3 is 3.25 bits per heavy atom. The van der Waals surface area contributed by atoms with Crippen LogP contribution in [0.2, 0.25) is 0 Å². The number of aromatic nitrogens is 1. The van der Waals surface area contributed by atoms with Gasteiger partial charge >= 0.3 is 0 Å². The van der Waals surface area contributed by atoms with Gasteiger partial charge in [0.05, 0.1) is 11.3 Å². The zero-order valence-corrected chi connectivity index (χ0v) is 9.76. The molecule has 0 saturated carbocycles. The molecule has 0 bridgehead atoms. The zero-order valence-electron chi connectivity index (χ0n) is 8.94. The Balaban J connectivity index is 2.01. The summed E-state index contributed by atoms with van der Waals surface area (Å²) in [5.74, 6) is 1.87. The minimum absolute atomic E-state index is 0.452. The zero-order chi connectivity index (χ0) is 11.4. The van der Waals surface area contributed by atoms with Crippen LogP contribution in [0, 0.1) is 11.3 Å². The third-order valence-electron chi connectivity index (χ3n) is 2.63. The van der Waals surface area contributed by atoms with E-state index in [1.807, 2.05) is 11.8 Å². The fourth-order valence-electron chi connectivity index (χ4n) is 1.73. The van der Waals surface area contributed by atoms with Crippen LogP contribution in [0.25, 0.3) is 0 Å². The standard InChI is InChI=1S/C11H14N4S/c12-6-8-3-4-14-11(10(8)13)15-7-9-2-1-5-16-9/h3-4,9H,1-2,5,7,13H2,(H,14,15). The van der Waals surface area contributed by atoms with E-state index in [-0.39, 0.29) is 0 Å². The number of rotatable bonds is 3. The molecule has 3 N–H and O–H groups in total. The summed E-state index contributed by atoms with van der Waals surface area (Å²) >= 11 is 1.98. The number of nitrogens with two attached hydrogens (primary N) is 1. The Kier molecular flexibility index (Phi) is 3.52. The minimum atomic E-state index is 0.452. The quantitative estimate of drug-likeness (QED) is 0.834. The molecular formula is C11H14N4S. The SMILES string of the molecule is N#Cc1ccnc(NCC2CCCS2)c1N. The summed E-state index contributed by atoms with van der Waals surface area (Å²) in [6, 6.07) is 3.68. The lowest BCUT2D eigenvalue weighted by Gasteiger charge is -2.12. The van der Waals surface area contributed by atoms with E-state index < -0.39 is 0 Å². The van der Waals surface area contributed by atoms with Crippen molar-refractivity contribution in [2.75, 3.05) is 23.3 Å². The molecule has 1 aliphatic heterocycles. The first-order valence-electron chi connectivity index (χ1n) is 5.31. The molecule has 1 atom stereocenters. The Labute approximate surface area is 99.2 Å². The number of hydrogen-bond acceptors (Lipinski definition) is 5. The van der Waals surface area contributed by atoms with Crippen LogP contribution in [-0.4, -0.2) is 22.5 Å². The average molecular weight is 234 g/mol. The highest BCUT2D eigenvalue weighted by Crippen LogP contribution is 2.27. The van der Waals surface area contributed by atoms with Gasteiger partial charge in [0.15, 0.2) is 5.82 Å². The predicted molar refractivity (Wildman–Crippen MR) is 67.3 cm³/mol. The fraction of sp³-hybridized carbons (Fsp3) is 0.455. The van der Waals surface area contributed by atoms with Crippen LogP contribution in [0.15, 0.2) is 12.3 Å². The molecule has 1 fully saturated rings. The van der Waals surface area contributed by atoms with E-state index in [1.54, 1.807) is 12.3 Å². The molecule has 2 rings (SSSR count). The van der Waals surface area contributed by atoms with Gasteiger partial charge < -0.3 is 11.1 Å². The van der Waals surface area contributed by atoms with Crippen molar-refractivity contribution in [3.05, 3.63) is 17.8 Å². The topological polar surface area (TPSA) is 74.7 Å². The van der Waals surface area contributed by atoms with Crippen molar-refractivity contribution in [1.29, 1.82) is 5.26 Å². The molecule has 84 valence electrons. The molecular weight excluding hydrogens is 220 g/mol. The van der Waals surface area contributed by atoms with Gasteiger partial charge in [-0.1, -0.05) is 0 Å². The van der Waals surface area contributed by atoms with Crippen LogP contribution in [-0.2, 0) is 0 Å². The first-order chi connectivity index (χ1) is 7.81. The van der Waals surface area contributed by atoms with Crippen molar-refractivity contribution in [3.63, 3.8) is 0 Å². The number of nitriles is 1. The Bertz CT molecular complexity index is 407. The number of nitrogen functional groups attached to an aromatic ring is 1. The van der Waals surface area contributed by atoms with Crippen LogP contribution in [0.4, 0.5) is 11.5 Å². The van der Waals surface area contributed by atoms with E-state index in [9.17, 15) is 0 Å². The number of pyridine rings is 1. The first-order valence-corrected chi connectivity index (χ1v) is 6.36. The van der Waals surface area contributed by atoms with Crippen LogP contribution >= 0.6 is 11.8 Å². The molecule has 2 heterocycles. The summed E-state index contributed by atoms with van der Waals surface area (Å²) in [5.41, 5.74) is 6.76.